The number of pyridine rings is 1. The van der Waals surface area contributed by atoms with Crippen LogP contribution in [0.3, 0.4) is 0 Å². The number of fused-ring (bicyclic) bond motifs is 1. The SMILES string of the molecule is C=CC1CC1(NC(=O)C1CC(OC(=O)N2CCc3ccccc3C2)CN1C(=O)C(NC(=O)OC(C)(C)C)C(C)(C)C)C(=O)NS(=O)(=O)C1(Cc2cccnc2)CC1. The van der Waals surface area contributed by atoms with E-state index in [9.17, 15) is 32.4 Å². The molecule has 0 bridgehead atoms. The topological polar surface area (TPSA) is 193 Å². The van der Waals surface area contributed by atoms with Crippen LogP contribution in [-0.2, 0) is 53.3 Å². The van der Waals surface area contributed by atoms with Gasteiger partial charge in [0.25, 0.3) is 5.91 Å². The smallest absolute Gasteiger partial charge is 0.410 e. The molecular weight excluding hydrogens is 753 g/mol. The van der Waals surface area contributed by atoms with E-state index >= 15 is 0 Å². The van der Waals surface area contributed by atoms with Crippen LogP contribution in [0, 0.1) is 11.3 Å². The van der Waals surface area contributed by atoms with E-state index < -0.39 is 85.3 Å². The van der Waals surface area contributed by atoms with E-state index in [1.807, 2.05) is 24.3 Å². The number of carbonyl (C=O) groups excluding carboxylic acids is 5. The second kappa shape index (κ2) is 15.4. The highest BCUT2D eigenvalue weighted by atomic mass is 32.2. The van der Waals surface area contributed by atoms with Crippen LogP contribution in [-0.4, -0.2) is 100 Å². The molecule has 5 amide bonds. The summed E-state index contributed by atoms with van der Waals surface area (Å²) < 4.78 is 39.9. The maximum absolute atomic E-state index is 14.5. The van der Waals surface area contributed by atoms with Crippen LogP contribution in [0.25, 0.3) is 0 Å². The quantitative estimate of drug-likeness (QED) is 0.282. The van der Waals surface area contributed by atoms with Crippen molar-refractivity contribution in [1.82, 2.24) is 30.1 Å². The van der Waals surface area contributed by atoms with E-state index in [-0.39, 0.29) is 25.8 Å². The summed E-state index contributed by atoms with van der Waals surface area (Å²) >= 11 is 0. The van der Waals surface area contributed by atoms with Crippen molar-refractivity contribution in [1.29, 1.82) is 0 Å². The number of rotatable bonds is 11. The van der Waals surface area contributed by atoms with E-state index in [0.29, 0.717) is 37.9 Å². The van der Waals surface area contributed by atoms with Gasteiger partial charge in [0.2, 0.25) is 21.8 Å². The Kier molecular flexibility index (Phi) is 11.3. The molecule has 1 aromatic heterocycles. The lowest BCUT2D eigenvalue weighted by Crippen LogP contribution is -2.60. The van der Waals surface area contributed by atoms with Gasteiger partial charge in [-0.1, -0.05) is 57.2 Å². The van der Waals surface area contributed by atoms with Gasteiger partial charge in [0.05, 0.1) is 11.3 Å². The first-order chi connectivity index (χ1) is 26.7. The summed E-state index contributed by atoms with van der Waals surface area (Å²) in [5, 5.41) is 5.46. The maximum Gasteiger partial charge on any atom is 0.410 e. The molecule has 5 atom stereocenters. The molecular formula is C41H54N6O9S. The van der Waals surface area contributed by atoms with Gasteiger partial charge in [-0.2, -0.15) is 0 Å². The van der Waals surface area contributed by atoms with E-state index in [1.54, 1.807) is 71.0 Å². The Morgan fingerprint density at radius 3 is 2.33 bits per heavy atom. The molecule has 3 N–H and O–H groups in total. The van der Waals surface area contributed by atoms with Crippen LogP contribution in [0.4, 0.5) is 9.59 Å². The molecule has 57 heavy (non-hydrogen) atoms. The molecule has 15 nitrogen and oxygen atoms in total. The lowest BCUT2D eigenvalue weighted by atomic mass is 9.85. The Labute approximate surface area is 334 Å². The number of nitrogens with one attached hydrogen (secondary N) is 3. The fraction of sp³-hybridized carbons (Fsp3) is 0.561. The second-order valence-corrected chi connectivity index (χ2v) is 19.9. The monoisotopic (exact) mass is 806 g/mol. The predicted octanol–water partition coefficient (Wildman–Crippen LogP) is 3.77. The predicted molar refractivity (Wildman–Crippen MR) is 210 cm³/mol. The lowest BCUT2D eigenvalue weighted by Gasteiger charge is -2.36. The average molecular weight is 807 g/mol. The third kappa shape index (κ3) is 9.10. The molecule has 308 valence electrons. The molecule has 1 saturated heterocycles. The fourth-order valence-corrected chi connectivity index (χ4v) is 9.34. The lowest BCUT2D eigenvalue weighted by molar-refractivity contribution is -0.143. The molecule has 2 saturated carbocycles. The van der Waals surface area contributed by atoms with Crippen molar-refractivity contribution in [2.45, 2.75) is 121 Å². The summed E-state index contributed by atoms with van der Waals surface area (Å²) in [6, 6.07) is 8.89. The normalized spacial score (nSPS) is 24.3. The molecule has 1 aromatic carbocycles. The number of carbonyl (C=O) groups is 5. The number of aromatic nitrogens is 1. The Morgan fingerprint density at radius 2 is 1.74 bits per heavy atom. The largest absolute Gasteiger partial charge is 0.444 e. The number of hydrogen-bond donors (Lipinski definition) is 3. The first kappa shape index (κ1) is 41.6. The van der Waals surface area contributed by atoms with Crippen LogP contribution >= 0.6 is 0 Å². The minimum absolute atomic E-state index is 0.0829. The Bertz CT molecular complexity index is 2020. The molecule has 2 aromatic rings. The third-order valence-corrected chi connectivity index (χ3v) is 13.3. The van der Waals surface area contributed by atoms with Crippen LogP contribution in [0.5, 0.6) is 0 Å². The van der Waals surface area contributed by atoms with Crippen molar-refractivity contribution in [2.24, 2.45) is 11.3 Å². The summed E-state index contributed by atoms with van der Waals surface area (Å²) in [5.74, 6) is -2.86. The number of ether oxygens (including phenoxy) is 2. The zero-order valence-electron chi connectivity index (χ0n) is 33.5. The van der Waals surface area contributed by atoms with Crippen molar-refractivity contribution in [2.75, 3.05) is 13.1 Å². The molecule has 16 heteroatoms. The van der Waals surface area contributed by atoms with Crippen molar-refractivity contribution in [3.63, 3.8) is 0 Å². The highest BCUT2D eigenvalue weighted by Gasteiger charge is 2.64. The van der Waals surface area contributed by atoms with Gasteiger partial charge in [-0.3, -0.25) is 24.1 Å². The van der Waals surface area contributed by atoms with Gasteiger partial charge in [-0.05, 0) is 81.0 Å². The minimum atomic E-state index is -4.20. The number of sulfonamides is 1. The summed E-state index contributed by atoms with van der Waals surface area (Å²) in [7, 11) is -4.20. The average Bonchev–Trinajstić information content (AvgIpc) is 4.04. The summed E-state index contributed by atoms with van der Waals surface area (Å²) in [4.78, 5) is 76.3. The van der Waals surface area contributed by atoms with Crippen molar-refractivity contribution < 1.29 is 41.9 Å². The number of hydrogen-bond acceptors (Lipinski definition) is 10. The Balaban J connectivity index is 1.22. The highest BCUT2D eigenvalue weighted by molar-refractivity contribution is 7.91. The molecule has 2 aliphatic carbocycles. The van der Waals surface area contributed by atoms with Crippen LogP contribution in [0.1, 0.15) is 83.9 Å². The molecule has 3 heterocycles. The molecule has 0 spiro atoms. The zero-order valence-corrected chi connectivity index (χ0v) is 34.3. The molecule has 3 fully saturated rings. The molecule has 6 rings (SSSR count). The van der Waals surface area contributed by atoms with Crippen molar-refractivity contribution in [3.8, 4) is 0 Å². The van der Waals surface area contributed by atoms with Gasteiger partial charge in [-0.25, -0.2) is 18.0 Å². The second-order valence-electron chi connectivity index (χ2n) is 17.8. The van der Waals surface area contributed by atoms with E-state index in [1.165, 1.54) is 11.0 Å². The van der Waals surface area contributed by atoms with E-state index in [4.69, 9.17) is 9.47 Å². The molecule has 4 aliphatic rings. The van der Waals surface area contributed by atoms with Gasteiger partial charge in [0.1, 0.15) is 29.3 Å². The van der Waals surface area contributed by atoms with Gasteiger partial charge in [0.15, 0.2) is 0 Å². The van der Waals surface area contributed by atoms with Gasteiger partial charge < -0.3 is 29.9 Å². The van der Waals surface area contributed by atoms with E-state index in [0.717, 1.165) is 11.1 Å². The maximum atomic E-state index is 14.5. The number of amides is 5. The number of alkyl carbamates (subject to hydrolysis) is 1. The van der Waals surface area contributed by atoms with Gasteiger partial charge in [0, 0.05) is 37.8 Å². The van der Waals surface area contributed by atoms with Crippen LogP contribution in [0.15, 0.2) is 61.4 Å². The summed E-state index contributed by atoms with van der Waals surface area (Å²) in [6.45, 7) is 14.7. The Morgan fingerprint density at radius 1 is 1.04 bits per heavy atom. The number of likely N-dealkylation sites (tertiary alicyclic amines) is 1. The van der Waals surface area contributed by atoms with Gasteiger partial charge >= 0.3 is 12.2 Å². The minimum Gasteiger partial charge on any atom is -0.444 e. The highest BCUT2D eigenvalue weighted by Crippen LogP contribution is 2.48. The summed E-state index contributed by atoms with van der Waals surface area (Å²) in [6.07, 6.45) is 3.80. The molecule has 2 aliphatic heterocycles. The Hall–Kier alpha value is -4.99. The standard InChI is InChI=1S/C41H54N6O9S/c1-8-29-22-41(29,35(50)45-57(53,54)40(16-17-40)21-26-12-11-18-42-23-26)44-33(48)31-20-30(55-37(52)46-19-15-27-13-9-10-14-28(27)24-46)25-47(31)34(49)32(38(2,3)4)43-36(51)56-39(5,6)7/h8-14,18,23,29-32H,1,15-17,19-22,24-25H2,2-7H3,(H,43,51)(H,44,48)(H,45,50). The number of nitrogens with zero attached hydrogens (tertiary/aromatic N) is 3. The van der Waals surface area contributed by atoms with Crippen LogP contribution < -0.4 is 15.4 Å². The summed E-state index contributed by atoms with van der Waals surface area (Å²) in [5.41, 5.74) is -0.512. The third-order valence-electron chi connectivity index (χ3n) is 11.2. The molecule has 0 radical (unpaired) electrons. The first-order valence-electron chi connectivity index (χ1n) is 19.4. The van der Waals surface area contributed by atoms with Crippen molar-refractivity contribution in [3.05, 3.63) is 78.1 Å². The number of benzene rings is 1. The first-order valence-corrected chi connectivity index (χ1v) is 20.9. The zero-order chi connectivity index (χ0) is 41.6. The van der Waals surface area contributed by atoms with Crippen LogP contribution in [0.2, 0.25) is 0 Å². The van der Waals surface area contributed by atoms with Crippen molar-refractivity contribution >= 4 is 39.9 Å². The van der Waals surface area contributed by atoms with E-state index in [2.05, 4.69) is 26.9 Å². The fourth-order valence-electron chi connectivity index (χ4n) is 7.70. The van der Waals surface area contributed by atoms with Gasteiger partial charge in [-0.15, -0.1) is 6.58 Å². The molecule has 5 unspecified atom stereocenters.